The molecule has 4 N–H and O–H groups in total. The van der Waals surface area contributed by atoms with Crippen LogP contribution in [0.2, 0.25) is 0 Å². The molecule has 35 heavy (non-hydrogen) atoms. The zero-order valence-electron chi connectivity index (χ0n) is 19.6. The first-order valence-electron chi connectivity index (χ1n) is 12.2. The highest BCUT2D eigenvalue weighted by molar-refractivity contribution is 5.79. The minimum Gasteiger partial charge on any atom is -0.479 e. The minimum atomic E-state index is -1.46. The highest BCUT2D eigenvalue weighted by Crippen LogP contribution is 2.44. The van der Waals surface area contributed by atoms with Gasteiger partial charge in [-0.2, -0.15) is 0 Å². The number of carboxylic acid groups (broad SMARTS) is 1. The lowest BCUT2D eigenvalue weighted by Crippen LogP contribution is -2.31. The van der Waals surface area contributed by atoms with Crippen LogP contribution in [-0.4, -0.2) is 54.0 Å². The van der Waals surface area contributed by atoms with Gasteiger partial charge in [-0.05, 0) is 53.4 Å². The first kappa shape index (κ1) is 24.7. The third-order valence-electron chi connectivity index (χ3n) is 7.03. The molecule has 2 amide bonds. The van der Waals surface area contributed by atoms with Crippen LogP contribution >= 0.6 is 0 Å². The van der Waals surface area contributed by atoms with Crippen molar-refractivity contribution in [3.05, 3.63) is 59.7 Å². The number of amides is 2. The molecule has 3 atom stereocenters. The lowest BCUT2D eigenvalue weighted by Gasteiger charge is -2.16. The number of hydrogen-bond donors (Lipinski definition) is 4. The van der Waals surface area contributed by atoms with Crippen molar-refractivity contribution < 1.29 is 29.3 Å². The van der Waals surface area contributed by atoms with Gasteiger partial charge in [0.15, 0.2) is 6.10 Å². The molecule has 0 heterocycles. The Morgan fingerprint density at radius 2 is 1.57 bits per heavy atom. The van der Waals surface area contributed by atoms with Crippen molar-refractivity contribution in [3.8, 4) is 11.1 Å². The number of aliphatic carboxylic acids is 1. The average molecular weight is 481 g/mol. The number of alkyl carbamates (subject to hydrolysis) is 1. The second-order valence-electron chi connectivity index (χ2n) is 9.45. The molecule has 1 fully saturated rings. The molecule has 0 saturated heterocycles. The Kier molecular flexibility index (Phi) is 8.02. The van der Waals surface area contributed by atoms with Crippen molar-refractivity contribution in [1.29, 1.82) is 0 Å². The van der Waals surface area contributed by atoms with Crippen LogP contribution in [0.15, 0.2) is 48.5 Å². The number of carbonyl (C=O) groups excluding carboxylic acids is 2. The fourth-order valence-corrected chi connectivity index (χ4v) is 5.23. The first-order valence-corrected chi connectivity index (χ1v) is 12.2. The number of carbonyl (C=O) groups is 3. The van der Waals surface area contributed by atoms with Crippen molar-refractivity contribution in [2.45, 2.75) is 44.1 Å². The van der Waals surface area contributed by atoms with Crippen LogP contribution in [0.25, 0.3) is 11.1 Å². The normalized spacial score (nSPS) is 19.5. The second kappa shape index (κ2) is 11.4. The summed E-state index contributed by atoms with van der Waals surface area (Å²) in [5, 5.41) is 23.5. The molecule has 2 aliphatic rings. The van der Waals surface area contributed by atoms with E-state index in [0.29, 0.717) is 18.9 Å². The first-order chi connectivity index (χ1) is 16.9. The Balaban J connectivity index is 1.17. The van der Waals surface area contributed by atoms with Crippen LogP contribution in [0.4, 0.5) is 4.79 Å². The van der Waals surface area contributed by atoms with Gasteiger partial charge in [0.2, 0.25) is 5.91 Å². The Morgan fingerprint density at radius 3 is 2.23 bits per heavy atom. The lowest BCUT2D eigenvalue weighted by atomic mass is 9.98. The fraction of sp³-hybridized carbons (Fsp3) is 0.444. The maximum absolute atomic E-state index is 12.4. The molecule has 2 aromatic rings. The van der Waals surface area contributed by atoms with E-state index in [9.17, 15) is 19.5 Å². The molecule has 1 saturated carbocycles. The van der Waals surface area contributed by atoms with Crippen molar-refractivity contribution in [3.63, 3.8) is 0 Å². The minimum absolute atomic E-state index is 0.0155. The van der Waals surface area contributed by atoms with Gasteiger partial charge in [-0.1, -0.05) is 48.5 Å². The molecular weight excluding hydrogens is 448 g/mol. The molecular formula is C27H32N2O6. The summed E-state index contributed by atoms with van der Waals surface area (Å²) in [4.78, 5) is 35.1. The van der Waals surface area contributed by atoms with Crippen LogP contribution in [0.3, 0.4) is 0 Å². The number of nitrogens with one attached hydrogen (secondary N) is 2. The highest BCUT2D eigenvalue weighted by atomic mass is 16.5. The zero-order valence-corrected chi connectivity index (χ0v) is 19.6. The Bertz CT molecular complexity index is 1030. The van der Waals surface area contributed by atoms with Gasteiger partial charge in [0.25, 0.3) is 0 Å². The zero-order chi connectivity index (χ0) is 24.8. The lowest BCUT2D eigenvalue weighted by molar-refractivity contribution is -0.147. The van der Waals surface area contributed by atoms with Gasteiger partial charge in [0, 0.05) is 31.8 Å². The monoisotopic (exact) mass is 480 g/mol. The molecule has 2 unspecified atom stereocenters. The van der Waals surface area contributed by atoms with Gasteiger partial charge in [-0.25, -0.2) is 9.59 Å². The molecule has 0 spiro atoms. The quantitative estimate of drug-likeness (QED) is 0.414. The third-order valence-corrected chi connectivity index (χ3v) is 7.03. The van der Waals surface area contributed by atoms with E-state index >= 15 is 0 Å². The molecule has 0 radical (unpaired) electrons. The molecule has 4 rings (SSSR count). The largest absolute Gasteiger partial charge is 0.479 e. The van der Waals surface area contributed by atoms with E-state index in [0.717, 1.165) is 19.3 Å². The van der Waals surface area contributed by atoms with Crippen LogP contribution in [-0.2, 0) is 14.3 Å². The van der Waals surface area contributed by atoms with Crippen LogP contribution in [0.5, 0.6) is 0 Å². The van der Waals surface area contributed by atoms with E-state index in [1.165, 1.54) is 22.3 Å². The van der Waals surface area contributed by atoms with Crippen LogP contribution in [0, 0.1) is 11.8 Å². The Morgan fingerprint density at radius 1 is 0.943 bits per heavy atom. The van der Waals surface area contributed by atoms with Gasteiger partial charge >= 0.3 is 12.1 Å². The van der Waals surface area contributed by atoms with Crippen molar-refractivity contribution in [2.75, 3.05) is 19.7 Å². The highest BCUT2D eigenvalue weighted by Gasteiger charge is 2.30. The fourth-order valence-electron chi connectivity index (χ4n) is 5.23. The molecule has 0 aromatic heterocycles. The second-order valence-corrected chi connectivity index (χ2v) is 9.45. The van der Waals surface area contributed by atoms with Crippen LogP contribution in [0.1, 0.15) is 49.1 Å². The van der Waals surface area contributed by atoms with Crippen molar-refractivity contribution in [2.24, 2.45) is 11.8 Å². The summed E-state index contributed by atoms with van der Waals surface area (Å²) in [5.74, 6) is -0.880. The number of hydrogen-bond acceptors (Lipinski definition) is 5. The summed E-state index contributed by atoms with van der Waals surface area (Å²) in [6, 6.07) is 16.4. The summed E-state index contributed by atoms with van der Waals surface area (Å²) in [6.45, 7) is 0.926. The van der Waals surface area contributed by atoms with Crippen molar-refractivity contribution in [1.82, 2.24) is 10.6 Å². The maximum atomic E-state index is 12.4. The smallest absolute Gasteiger partial charge is 0.407 e. The summed E-state index contributed by atoms with van der Waals surface area (Å²) < 4.78 is 5.59. The molecule has 2 aromatic carbocycles. The predicted octanol–water partition coefficient (Wildman–Crippen LogP) is 3.28. The molecule has 0 aliphatic heterocycles. The number of ether oxygens (including phenoxy) is 1. The molecule has 8 heteroatoms. The number of fused-ring (bicyclic) bond motifs is 3. The maximum Gasteiger partial charge on any atom is 0.407 e. The van der Waals surface area contributed by atoms with E-state index in [2.05, 4.69) is 34.9 Å². The Labute approximate surface area is 204 Å². The summed E-state index contributed by atoms with van der Waals surface area (Å²) in [5.41, 5.74) is 4.74. The predicted molar refractivity (Wildman–Crippen MR) is 130 cm³/mol. The van der Waals surface area contributed by atoms with Gasteiger partial charge < -0.3 is 25.6 Å². The average Bonchev–Trinajstić information content (AvgIpc) is 3.43. The Hall–Kier alpha value is -3.39. The van der Waals surface area contributed by atoms with Crippen molar-refractivity contribution >= 4 is 18.0 Å². The number of carboxylic acids is 1. The van der Waals surface area contributed by atoms with Gasteiger partial charge in [0.05, 0.1) is 0 Å². The van der Waals surface area contributed by atoms with Crippen LogP contribution < -0.4 is 10.6 Å². The standard InChI is InChI=1S/C27H32N2O6/c30-24(26(32)33)11-12-28-25(31)14-17-9-10-18(13-17)15-29-27(34)35-16-23-21-7-3-1-5-19(21)20-6-2-4-8-22(20)23/h1-8,17-18,23-24,30H,9-16H2,(H,28,31)(H,29,34)(H,32,33)/t17?,18?,24-/m0/s1. The van der Waals surface area contributed by atoms with E-state index in [-0.39, 0.29) is 37.3 Å². The molecule has 8 nitrogen and oxygen atoms in total. The number of benzene rings is 2. The van der Waals surface area contributed by atoms with Gasteiger partial charge in [-0.15, -0.1) is 0 Å². The summed E-state index contributed by atoms with van der Waals surface area (Å²) >= 11 is 0. The SMILES string of the molecule is O=C(CC1CCC(CNC(=O)OCC2c3ccccc3-c3ccccc32)C1)NCC[C@H](O)C(=O)O. The van der Waals surface area contributed by atoms with E-state index < -0.39 is 18.2 Å². The molecule has 186 valence electrons. The van der Waals surface area contributed by atoms with Gasteiger partial charge in [0.1, 0.15) is 6.61 Å². The topological polar surface area (TPSA) is 125 Å². The summed E-state index contributed by atoms with van der Waals surface area (Å²) in [7, 11) is 0. The summed E-state index contributed by atoms with van der Waals surface area (Å²) in [6.07, 6.45) is 1.14. The van der Waals surface area contributed by atoms with E-state index in [4.69, 9.17) is 9.84 Å². The number of rotatable bonds is 10. The third kappa shape index (κ3) is 6.19. The number of aliphatic hydroxyl groups is 1. The molecule has 0 bridgehead atoms. The van der Waals surface area contributed by atoms with E-state index in [1.807, 2.05) is 24.3 Å². The number of aliphatic hydroxyl groups excluding tert-OH is 1. The molecule has 2 aliphatic carbocycles. The van der Waals surface area contributed by atoms with E-state index in [1.54, 1.807) is 0 Å². The van der Waals surface area contributed by atoms with Gasteiger partial charge in [-0.3, -0.25) is 4.79 Å².